The lowest BCUT2D eigenvalue weighted by molar-refractivity contribution is 0.290. The molecular weight excluding hydrogens is 232 g/mol. The van der Waals surface area contributed by atoms with Crippen LogP contribution < -0.4 is 5.73 Å². The summed E-state index contributed by atoms with van der Waals surface area (Å²) in [7, 11) is 2.16. The van der Waals surface area contributed by atoms with Gasteiger partial charge in [-0.15, -0.1) is 0 Å². The van der Waals surface area contributed by atoms with Crippen LogP contribution in [0.2, 0.25) is 0 Å². The molecule has 0 amide bonds. The van der Waals surface area contributed by atoms with Crippen molar-refractivity contribution in [1.29, 1.82) is 0 Å². The Kier molecular flexibility index (Phi) is 4.23. The molecule has 0 aliphatic rings. The third kappa shape index (κ3) is 4.05. The number of nitrogens with two attached hydrogens (primary N) is 1. The van der Waals surface area contributed by atoms with E-state index in [-0.39, 0.29) is 5.54 Å². The summed E-state index contributed by atoms with van der Waals surface area (Å²) in [5, 5.41) is 2.66. The first kappa shape index (κ1) is 14.0. The molecule has 0 aliphatic carbocycles. The van der Waals surface area contributed by atoms with Crippen LogP contribution in [0.15, 0.2) is 42.5 Å². The summed E-state index contributed by atoms with van der Waals surface area (Å²) in [6.07, 6.45) is 1.01. The zero-order valence-electron chi connectivity index (χ0n) is 12.2. The van der Waals surface area contributed by atoms with Crippen LogP contribution >= 0.6 is 0 Å². The molecule has 0 radical (unpaired) electrons. The van der Waals surface area contributed by atoms with Gasteiger partial charge in [0, 0.05) is 12.1 Å². The minimum Gasteiger partial charge on any atom is -0.326 e. The number of nitrogens with zero attached hydrogens (tertiary/aromatic N) is 1. The molecular formula is C17H24N2. The molecule has 0 unspecified atom stereocenters. The van der Waals surface area contributed by atoms with E-state index in [9.17, 15) is 0 Å². The van der Waals surface area contributed by atoms with Gasteiger partial charge in [0.2, 0.25) is 0 Å². The molecule has 102 valence electrons. The summed E-state index contributed by atoms with van der Waals surface area (Å²) in [4.78, 5) is 2.34. The van der Waals surface area contributed by atoms with Gasteiger partial charge in [-0.2, -0.15) is 0 Å². The zero-order valence-corrected chi connectivity index (χ0v) is 12.2. The molecule has 0 atom stereocenters. The molecule has 0 aliphatic heterocycles. The maximum atomic E-state index is 6.04. The minimum absolute atomic E-state index is 0.0903. The molecule has 2 N–H and O–H groups in total. The van der Waals surface area contributed by atoms with E-state index in [1.54, 1.807) is 0 Å². The number of hydrogen-bond donors (Lipinski definition) is 1. The van der Waals surface area contributed by atoms with Crippen LogP contribution in [0.25, 0.3) is 10.8 Å². The van der Waals surface area contributed by atoms with Gasteiger partial charge in [0.1, 0.15) is 0 Å². The van der Waals surface area contributed by atoms with E-state index >= 15 is 0 Å². The predicted molar refractivity (Wildman–Crippen MR) is 83.2 cm³/mol. The van der Waals surface area contributed by atoms with Crippen LogP contribution in [-0.2, 0) is 6.54 Å². The van der Waals surface area contributed by atoms with Gasteiger partial charge in [0.15, 0.2) is 0 Å². The van der Waals surface area contributed by atoms with Crippen molar-refractivity contribution in [2.24, 2.45) is 5.73 Å². The van der Waals surface area contributed by atoms with Crippen LogP contribution in [0.5, 0.6) is 0 Å². The highest BCUT2D eigenvalue weighted by Crippen LogP contribution is 2.19. The summed E-state index contributed by atoms with van der Waals surface area (Å²) >= 11 is 0. The molecule has 0 aromatic heterocycles. The second-order valence-electron chi connectivity index (χ2n) is 6.11. The van der Waals surface area contributed by atoms with Crippen LogP contribution in [0, 0.1) is 0 Å². The van der Waals surface area contributed by atoms with Crippen molar-refractivity contribution >= 4 is 10.8 Å². The first-order valence-corrected chi connectivity index (χ1v) is 6.90. The van der Waals surface area contributed by atoms with Crippen molar-refractivity contribution in [3.05, 3.63) is 48.0 Å². The van der Waals surface area contributed by atoms with E-state index in [1.165, 1.54) is 16.3 Å². The van der Waals surface area contributed by atoms with E-state index in [0.717, 1.165) is 19.5 Å². The average Bonchev–Trinajstić information content (AvgIpc) is 2.36. The molecule has 2 aromatic rings. The SMILES string of the molecule is CN(CCC(C)(C)N)Cc1cccc2ccccc12. The van der Waals surface area contributed by atoms with Crippen LogP contribution in [0.3, 0.4) is 0 Å². The lowest BCUT2D eigenvalue weighted by Crippen LogP contribution is -2.36. The van der Waals surface area contributed by atoms with E-state index in [4.69, 9.17) is 5.73 Å². The normalized spacial score (nSPS) is 12.3. The molecule has 2 nitrogen and oxygen atoms in total. The Balaban J connectivity index is 2.09. The molecule has 2 aromatic carbocycles. The van der Waals surface area contributed by atoms with Crippen molar-refractivity contribution in [2.45, 2.75) is 32.4 Å². The first-order chi connectivity index (χ1) is 8.96. The summed E-state index contributed by atoms with van der Waals surface area (Å²) in [6.45, 7) is 6.15. The van der Waals surface area contributed by atoms with Gasteiger partial charge in [0.05, 0.1) is 0 Å². The standard InChI is InChI=1S/C17H24N2/c1-17(2,18)11-12-19(3)13-15-9-6-8-14-7-4-5-10-16(14)15/h4-10H,11-13,18H2,1-3H3. The Morgan fingerprint density at radius 2 is 1.74 bits per heavy atom. The summed E-state index contributed by atoms with van der Waals surface area (Å²) < 4.78 is 0. The van der Waals surface area contributed by atoms with Gasteiger partial charge < -0.3 is 10.6 Å². The topological polar surface area (TPSA) is 29.3 Å². The van der Waals surface area contributed by atoms with E-state index in [2.05, 4.69) is 68.3 Å². The second-order valence-corrected chi connectivity index (χ2v) is 6.11. The number of hydrogen-bond acceptors (Lipinski definition) is 2. The molecule has 0 saturated heterocycles. The summed E-state index contributed by atoms with van der Waals surface area (Å²) in [5.41, 5.74) is 7.34. The van der Waals surface area contributed by atoms with Crippen molar-refractivity contribution in [1.82, 2.24) is 4.90 Å². The second kappa shape index (κ2) is 5.72. The largest absolute Gasteiger partial charge is 0.326 e. The molecule has 19 heavy (non-hydrogen) atoms. The molecule has 2 heteroatoms. The Morgan fingerprint density at radius 1 is 1.05 bits per heavy atom. The smallest absolute Gasteiger partial charge is 0.0236 e. The molecule has 0 bridgehead atoms. The minimum atomic E-state index is -0.0903. The predicted octanol–water partition coefficient (Wildman–Crippen LogP) is 3.40. The Labute approximate surface area is 116 Å². The Morgan fingerprint density at radius 3 is 2.47 bits per heavy atom. The number of fused-ring (bicyclic) bond motifs is 1. The van der Waals surface area contributed by atoms with Gasteiger partial charge in [-0.25, -0.2) is 0 Å². The van der Waals surface area contributed by atoms with E-state index in [1.807, 2.05) is 0 Å². The summed E-state index contributed by atoms with van der Waals surface area (Å²) in [6, 6.07) is 15.1. The Bertz CT molecular complexity index is 535. The third-order valence-corrected chi connectivity index (χ3v) is 3.46. The monoisotopic (exact) mass is 256 g/mol. The van der Waals surface area contributed by atoms with Crippen LogP contribution in [0.1, 0.15) is 25.8 Å². The molecule has 0 spiro atoms. The molecule has 0 heterocycles. The zero-order chi connectivity index (χ0) is 13.9. The molecule has 2 rings (SSSR count). The lowest BCUT2D eigenvalue weighted by atomic mass is 10.0. The highest BCUT2D eigenvalue weighted by Gasteiger charge is 2.12. The van der Waals surface area contributed by atoms with Gasteiger partial charge in [-0.05, 0) is 50.2 Å². The summed E-state index contributed by atoms with van der Waals surface area (Å²) in [5.74, 6) is 0. The van der Waals surface area contributed by atoms with E-state index in [0.29, 0.717) is 0 Å². The van der Waals surface area contributed by atoms with Crippen molar-refractivity contribution in [2.75, 3.05) is 13.6 Å². The maximum absolute atomic E-state index is 6.04. The number of rotatable bonds is 5. The van der Waals surface area contributed by atoms with Gasteiger partial charge in [-0.1, -0.05) is 42.5 Å². The fraction of sp³-hybridized carbons (Fsp3) is 0.412. The van der Waals surface area contributed by atoms with Crippen molar-refractivity contribution in [3.63, 3.8) is 0 Å². The van der Waals surface area contributed by atoms with Gasteiger partial charge in [-0.3, -0.25) is 0 Å². The van der Waals surface area contributed by atoms with Crippen LogP contribution in [0.4, 0.5) is 0 Å². The third-order valence-electron chi connectivity index (χ3n) is 3.46. The fourth-order valence-corrected chi connectivity index (χ4v) is 2.28. The highest BCUT2D eigenvalue weighted by atomic mass is 15.1. The van der Waals surface area contributed by atoms with Gasteiger partial charge in [0.25, 0.3) is 0 Å². The first-order valence-electron chi connectivity index (χ1n) is 6.90. The van der Waals surface area contributed by atoms with Crippen molar-refractivity contribution < 1.29 is 0 Å². The lowest BCUT2D eigenvalue weighted by Gasteiger charge is -2.24. The fourth-order valence-electron chi connectivity index (χ4n) is 2.28. The number of benzene rings is 2. The molecule has 0 saturated carbocycles. The maximum Gasteiger partial charge on any atom is 0.0236 e. The van der Waals surface area contributed by atoms with E-state index < -0.39 is 0 Å². The highest BCUT2D eigenvalue weighted by molar-refractivity contribution is 5.85. The quantitative estimate of drug-likeness (QED) is 0.888. The molecule has 0 fully saturated rings. The van der Waals surface area contributed by atoms with Crippen molar-refractivity contribution in [3.8, 4) is 0 Å². The van der Waals surface area contributed by atoms with Gasteiger partial charge >= 0.3 is 0 Å². The Hall–Kier alpha value is -1.38. The average molecular weight is 256 g/mol. The van der Waals surface area contributed by atoms with Crippen LogP contribution in [-0.4, -0.2) is 24.0 Å².